The monoisotopic (exact) mass is 288 g/mol. The second-order valence-electron chi connectivity index (χ2n) is 4.26. The average molecular weight is 289 g/mol. The van der Waals surface area contributed by atoms with Gasteiger partial charge in [-0.3, -0.25) is 5.32 Å². The molecular weight excluding hydrogens is 275 g/mol. The summed E-state index contributed by atoms with van der Waals surface area (Å²) in [5.41, 5.74) is 0.691. The predicted octanol–water partition coefficient (Wildman–Crippen LogP) is 2.00. The number of nitrogens with zero attached hydrogens (tertiary/aromatic N) is 1. The number of ether oxygens (including phenoxy) is 2. The highest BCUT2D eigenvalue weighted by molar-refractivity contribution is 6.23. The van der Waals surface area contributed by atoms with E-state index in [1.54, 1.807) is 0 Å². The first kappa shape index (κ1) is 12.2. The van der Waals surface area contributed by atoms with E-state index in [0.717, 1.165) is 17.2 Å². The molecule has 2 unspecified atom stereocenters. The molecule has 1 aromatic carbocycles. The number of nitrogens with one attached hydrogen (secondary N) is 1. The van der Waals surface area contributed by atoms with Crippen LogP contribution >= 0.6 is 23.2 Å². The molecule has 1 fully saturated rings. The summed E-state index contributed by atoms with van der Waals surface area (Å²) in [7, 11) is 0. The van der Waals surface area contributed by atoms with Crippen LogP contribution in [0.25, 0.3) is 0 Å². The number of hydrogen-bond acceptors (Lipinski definition) is 4. The fraction of sp³-hybridized carbons (Fsp3) is 0.500. The molecule has 0 bridgehead atoms. The Bertz CT molecular complexity index is 444. The molecule has 2 heterocycles. The maximum absolute atomic E-state index is 6.33. The van der Waals surface area contributed by atoms with Gasteiger partial charge in [-0.2, -0.15) is 0 Å². The van der Waals surface area contributed by atoms with Crippen molar-refractivity contribution in [1.82, 2.24) is 5.32 Å². The molecule has 2 aliphatic rings. The predicted molar refractivity (Wildman–Crippen MR) is 72.1 cm³/mol. The second-order valence-corrected chi connectivity index (χ2v) is 5.29. The van der Waals surface area contributed by atoms with E-state index in [2.05, 4.69) is 5.32 Å². The normalized spacial score (nSPS) is 27.1. The third-order valence-corrected chi connectivity index (χ3v) is 3.74. The zero-order chi connectivity index (χ0) is 12.5. The Morgan fingerprint density at radius 2 is 2.06 bits per heavy atom. The smallest absolute Gasteiger partial charge is 0.184 e. The Morgan fingerprint density at radius 3 is 2.94 bits per heavy atom. The Balaban J connectivity index is 1.95. The highest BCUT2D eigenvalue weighted by Gasteiger charge is 2.29. The van der Waals surface area contributed by atoms with E-state index in [1.807, 2.05) is 23.1 Å². The minimum Gasteiger partial charge on any atom is -0.486 e. The van der Waals surface area contributed by atoms with Gasteiger partial charge in [-0.05, 0) is 12.1 Å². The van der Waals surface area contributed by atoms with Gasteiger partial charge in [0, 0.05) is 13.1 Å². The summed E-state index contributed by atoms with van der Waals surface area (Å²) < 4.78 is 11.3. The van der Waals surface area contributed by atoms with Gasteiger partial charge in [-0.25, -0.2) is 0 Å². The number of hydrogen-bond donors (Lipinski definition) is 1. The Hall–Kier alpha value is -0.840. The van der Waals surface area contributed by atoms with E-state index in [4.69, 9.17) is 32.7 Å². The molecule has 0 amide bonds. The Kier molecular flexibility index (Phi) is 3.41. The third-order valence-electron chi connectivity index (χ3n) is 3.06. The highest BCUT2D eigenvalue weighted by Crippen LogP contribution is 2.41. The quantitative estimate of drug-likeness (QED) is 0.633. The Morgan fingerprint density at radius 1 is 1.22 bits per heavy atom. The summed E-state index contributed by atoms with van der Waals surface area (Å²) in [6, 6.07) is 5.83. The van der Waals surface area contributed by atoms with Crippen LogP contribution in [0.3, 0.4) is 0 Å². The van der Waals surface area contributed by atoms with Crippen molar-refractivity contribution in [1.29, 1.82) is 0 Å². The van der Waals surface area contributed by atoms with Gasteiger partial charge < -0.3 is 14.4 Å². The van der Waals surface area contributed by atoms with Crippen LogP contribution in [0.15, 0.2) is 18.2 Å². The molecule has 0 aliphatic carbocycles. The maximum atomic E-state index is 6.33. The molecule has 1 saturated heterocycles. The number of para-hydroxylation sites is 1. The molecule has 0 radical (unpaired) electrons. The van der Waals surface area contributed by atoms with E-state index in [1.165, 1.54) is 0 Å². The first-order valence-corrected chi connectivity index (χ1v) is 6.80. The zero-order valence-corrected chi connectivity index (χ0v) is 11.2. The van der Waals surface area contributed by atoms with Crippen molar-refractivity contribution in [2.75, 3.05) is 31.2 Å². The summed E-state index contributed by atoms with van der Waals surface area (Å²) >= 11 is 12.5. The van der Waals surface area contributed by atoms with Gasteiger partial charge in [-0.15, -0.1) is 11.6 Å². The standard InChI is InChI=1S/C12H14Cl2N2O2/c13-10-7-16(11(14)6-15-10)8-2-1-3-9-12(8)18-5-4-17-9/h1-3,10-11,15H,4-7H2. The maximum Gasteiger partial charge on any atom is 0.184 e. The van der Waals surface area contributed by atoms with Gasteiger partial charge in [-0.1, -0.05) is 17.7 Å². The molecule has 0 spiro atoms. The molecule has 6 heteroatoms. The SMILES string of the molecule is ClC1CN(c2cccc3c2OCCO3)C(Cl)CN1. The second kappa shape index (κ2) is 5.03. The zero-order valence-electron chi connectivity index (χ0n) is 9.73. The minimum absolute atomic E-state index is 0.111. The van der Waals surface area contributed by atoms with Crippen molar-refractivity contribution in [3.05, 3.63) is 18.2 Å². The van der Waals surface area contributed by atoms with Gasteiger partial charge in [0.1, 0.15) is 24.2 Å². The van der Waals surface area contributed by atoms with Crippen molar-refractivity contribution in [3.63, 3.8) is 0 Å². The lowest BCUT2D eigenvalue weighted by Crippen LogP contribution is -2.52. The van der Waals surface area contributed by atoms with E-state index >= 15 is 0 Å². The summed E-state index contributed by atoms with van der Waals surface area (Å²) in [5, 5.41) is 3.13. The summed E-state index contributed by atoms with van der Waals surface area (Å²) in [6.07, 6.45) is 0. The summed E-state index contributed by atoms with van der Waals surface area (Å²) in [5.74, 6) is 1.53. The van der Waals surface area contributed by atoms with Crippen molar-refractivity contribution in [2.24, 2.45) is 0 Å². The molecule has 4 nitrogen and oxygen atoms in total. The number of halogens is 2. The minimum atomic E-state index is -0.142. The fourth-order valence-corrected chi connectivity index (χ4v) is 2.73. The molecule has 0 aromatic heterocycles. The number of alkyl halides is 2. The summed E-state index contributed by atoms with van der Waals surface area (Å²) in [6.45, 7) is 2.42. The van der Waals surface area contributed by atoms with Crippen molar-refractivity contribution < 1.29 is 9.47 Å². The number of piperazine rings is 1. The van der Waals surface area contributed by atoms with Crippen LogP contribution in [0.4, 0.5) is 5.69 Å². The van der Waals surface area contributed by atoms with Crippen molar-refractivity contribution in [2.45, 2.75) is 11.0 Å². The third kappa shape index (κ3) is 2.20. The van der Waals surface area contributed by atoms with Gasteiger partial charge in [0.05, 0.1) is 5.69 Å². The molecule has 2 atom stereocenters. The first-order chi connectivity index (χ1) is 8.75. The highest BCUT2D eigenvalue weighted by atomic mass is 35.5. The molecule has 3 rings (SSSR count). The van der Waals surface area contributed by atoms with Crippen LogP contribution in [-0.4, -0.2) is 37.3 Å². The topological polar surface area (TPSA) is 33.7 Å². The molecule has 18 heavy (non-hydrogen) atoms. The van der Waals surface area contributed by atoms with Gasteiger partial charge in [0.25, 0.3) is 0 Å². The van der Waals surface area contributed by atoms with E-state index in [-0.39, 0.29) is 11.0 Å². The molecule has 0 saturated carbocycles. The molecule has 98 valence electrons. The van der Waals surface area contributed by atoms with Crippen LogP contribution in [-0.2, 0) is 0 Å². The van der Waals surface area contributed by atoms with E-state index in [0.29, 0.717) is 26.3 Å². The largest absolute Gasteiger partial charge is 0.486 e. The number of benzene rings is 1. The van der Waals surface area contributed by atoms with Gasteiger partial charge >= 0.3 is 0 Å². The lowest BCUT2D eigenvalue weighted by atomic mass is 10.2. The average Bonchev–Trinajstić information content (AvgIpc) is 2.41. The fourth-order valence-electron chi connectivity index (χ4n) is 2.22. The number of anilines is 1. The van der Waals surface area contributed by atoms with Crippen LogP contribution < -0.4 is 19.7 Å². The molecular formula is C12H14Cl2N2O2. The number of fused-ring (bicyclic) bond motifs is 1. The summed E-state index contributed by atoms with van der Waals surface area (Å²) in [4.78, 5) is 2.04. The van der Waals surface area contributed by atoms with Crippen LogP contribution in [0.1, 0.15) is 0 Å². The van der Waals surface area contributed by atoms with Gasteiger partial charge in [0.15, 0.2) is 11.5 Å². The van der Waals surface area contributed by atoms with Crippen LogP contribution in [0.2, 0.25) is 0 Å². The lowest BCUT2D eigenvalue weighted by Gasteiger charge is -2.38. The van der Waals surface area contributed by atoms with Crippen LogP contribution in [0.5, 0.6) is 11.5 Å². The molecule has 1 N–H and O–H groups in total. The van der Waals surface area contributed by atoms with E-state index < -0.39 is 0 Å². The van der Waals surface area contributed by atoms with Gasteiger partial charge in [0.2, 0.25) is 0 Å². The van der Waals surface area contributed by atoms with Crippen molar-refractivity contribution >= 4 is 28.9 Å². The van der Waals surface area contributed by atoms with Crippen molar-refractivity contribution in [3.8, 4) is 11.5 Å². The van der Waals surface area contributed by atoms with Crippen LogP contribution in [0, 0.1) is 0 Å². The Labute approximate surface area is 116 Å². The lowest BCUT2D eigenvalue weighted by molar-refractivity contribution is 0.172. The number of rotatable bonds is 1. The molecule has 1 aromatic rings. The van der Waals surface area contributed by atoms with E-state index in [9.17, 15) is 0 Å². The molecule has 2 aliphatic heterocycles. The first-order valence-electron chi connectivity index (χ1n) is 5.92.